The summed E-state index contributed by atoms with van der Waals surface area (Å²) in [7, 11) is 3.82. The summed E-state index contributed by atoms with van der Waals surface area (Å²) in [5.74, 6) is 1.29. The molecular weight excluding hydrogens is 419 g/mol. The van der Waals surface area contributed by atoms with Crippen LogP contribution >= 0.6 is 22.6 Å². The van der Waals surface area contributed by atoms with Gasteiger partial charge in [0.2, 0.25) is 5.88 Å². The van der Waals surface area contributed by atoms with Crippen molar-refractivity contribution in [1.82, 2.24) is 14.9 Å². The normalized spacial score (nSPS) is 17.0. The van der Waals surface area contributed by atoms with Gasteiger partial charge in [0.15, 0.2) is 5.82 Å². The number of ether oxygens (including phenoxy) is 1. The topological polar surface area (TPSA) is 58.6 Å². The largest absolute Gasteiger partial charge is 0.471 e. The second-order valence-corrected chi connectivity index (χ2v) is 7.14. The molecule has 1 amide bonds. The standard InChI is InChI=1S/C17H19IN4O2/c1-21(2)15-9-19-10-16(20-15)24-14-7-8-22(11-14)17(23)12-3-5-13(18)6-4-12/h3-6,9-10,14H,7-8,11H2,1-2H3. The minimum atomic E-state index is -0.0514. The molecule has 0 saturated carbocycles. The Bertz CT molecular complexity index is 721. The van der Waals surface area contributed by atoms with Crippen molar-refractivity contribution in [3.8, 4) is 5.88 Å². The van der Waals surface area contributed by atoms with Gasteiger partial charge in [0.25, 0.3) is 5.91 Å². The van der Waals surface area contributed by atoms with Crippen LogP contribution in [0, 0.1) is 3.57 Å². The Labute approximate surface area is 155 Å². The number of aromatic nitrogens is 2. The molecule has 1 fully saturated rings. The van der Waals surface area contributed by atoms with Gasteiger partial charge in [-0.3, -0.25) is 9.78 Å². The third-order valence-electron chi connectivity index (χ3n) is 3.87. The molecule has 1 aromatic carbocycles. The summed E-state index contributed by atoms with van der Waals surface area (Å²) in [4.78, 5) is 24.8. The van der Waals surface area contributed by atoms with Crippen molar-refractivity contribution in [2.75, 3.05) is 32.1 Å². The van der Waals surface area contributed by atoms with Crippen LogP contribution in [0.25, 0.3) is 0 Å². The molecule has 0 aliphatic carbocycles. The molecule has 1 unspecified atom stereocenters. The fourth-order valence-corrected chi connectivity index (χ4v) is 2.92. The van der Waals surface area contributed by atoms with Crippen molar-refractivity contribution >= 4 is 34.3 Å². The van der Waals surface area contributed by atoms with Crippen LogP contribution in [0.1, 0.15) is 16.8 Å². The highest BCUT2D eigenvalue weighted by molar-refractivity contribution is 14.1. The summed E-state index contributed by atoms with van der Waals surface area (Å²) in [6.07, 6.45) is 4.04. The fraction of sp³-hybridized carbons (Fsp3) is 0.353. The maximum atomic E-state index is 12.5. The van der Waals surface area contributed by atoms with E-state index in [0.717, 1.165) is 15.8 Å². The molecule has 2 heterocycles. The number of anilines is 1. The summed E-state index contributed by atoms with van der Waals surface area (Å²) in [5.41, 5.74) is 0.713. The number of carbonyl (C=O) groups is 1. The molecule has 3 rings (SSSR count). The zero-order valence-corrected chi connectivity index (χ0v) is 15.8. The van der Waals surface area contributed by atoms with E-state index in [1.807, 2.05) is 48.2 Å². The Balaban J connectivity index is 1.62. The summed E-state index contributed by atoms with van der Waals surface area (Å²) >= 11 is 2.23. The van der Waals surface area contributed by atoms with Crippen LogP contribution in [0.4, 0.5) is 5.82 Å². The number of hydrogen-bond acceptors (Lipinski definition) is 5. The zero-order valence-electron chi connectivity index (χ0n) is 13.6. The smallest absolute Gasteiger partial charge is 0.253 e. The van der Waals surface area contributed by atoms with Gasteiger partial charge < -0.3 is 14.5 Å². The van der Waals surface area contributed by atoms with Crippen LogP contribution in [0.15, 0.2) is 36.7 Å². The number of halogens is 1. The highest BCUT2D eigenvalue weighted by Crippen LogP contribution is 2.20. The van der Waals surface area contributed by atoms with E-state index in [9.17, 15) is 4.79 Å². The van der Waals surface area contributed by atoms with E-state index in [1.165, 1.54) is 0 Å². The second-order valence-electron chi connectivity index (χ2n) is 5.90. The Hall–Kier alpha value is -1.90. The Morgan fingerprint density at radius 1 is 1.29 bits per heavy atom. The van der Waals surface area contributed by atoms with Crippen molar-refractivity contribution < 1.29 is 9.53 Å². The van der Waals surface area contributed by atoms with Gasteiger partial charge in [-0.2, -0.15) is 4.98 Å². The molecule has 7 heteroatoms. The first-order valence-electron chi connectivity index (χ1n) is 7.74. The van der Waals surface area contributed by atoms with E-state index in [4.69, 9.17) is 4.74 Å². The van der Waals surface area contributed by atoms with Gasteiger partial charge in [0.05, 0.1) is 18.9 Å². The van der Waals surface area contributed by atoms with E-state index < -0.39 is 0 Å². The monoisotopic (exact) mass is 438 g/mol. The number of benzene rings is 1. The number of likely N-dealkylation sites (tertiary alicyclic amines) is 1. The summed E-state index contributed by atoms with van der Waals surface area (Å²) in [5, 5.41) is 0. The fourth-order valence-electron chi connectivity index (χ4n) is 2.57. The average molecular weight is 438 g/mol. The van der Waals surface area contributed by atoms with Gasteiger partial charge in [0, 0.05) is 36.2 Å². The number of nitrogens with zero attached hydrogens (tertiary/aromatic N) is 4. The third-order valence-corrected chi connectivity index (χ3v) is 4.59. The lowest BCUT2D eigenvalue weighted by Gasteiger charge is -2.17. The molecule has 24 heavy (non-hydrogen) atoms. The molecule has 6 nitrogen and oxygen atoms in total. The van der Waals surface area contributed by atoms with Crippen LogP contribution in [0.5, 0.6) is 5.88 Å². The first-order chi connectivity index (χ1) is 11.5. The van der Waals surface area contributed by atoms with Crippen LogP contribution in [0.3, 0.4) is 0 Å². The molecule has 1 aromatic heterocycles. The van der Waals surface area contributed by atoms with Gasteiger partial charge in [-0.05, 0) is 46.9 Å². The molecule has 0 spiro atoms. The van der Waals surface area contributed by atoms with Crippen LogP contribution in [-0.4, -0.2) is 54.1 Å². The maximum absolute atomic E-state index is 12.5. The molecule has 1 saturated heterocycles. The average Bonchev–Trinajstić information content (AvgIpc) is 3.03. The number of carbonyl (C=O) groups excluding carboxylic acids is 1. The number of rotatable bonds is 4. The number of amides is 1. The Morgan fingerprint density at radius 3 is 2.75 bits per heavy atom. The van der Waals surface area contributed by atoms with E-state index in [2.05, 4.69) is 32.6 Å². The predicted molar refractivity (Wildman–Crippen MR) is 100 cm³/mol. The molecule has 2 aromatic rings. The minimum absolute atomic E-state index is 0.0469. The molecule has 0 bridgehead atoms. The summed E-state index contributed by atoms with van der Waals surface area (Å²) < 4.78 is 7.02. The van der Waals surface area contributed by atoms with Crippen LogP contribution in [-0.2, 0) is 0 Å². The molecule has 0 N–H and O–H groups in total. The third kappa shape index (κ3) is 3.95. The number of hydrogen-bond donors (Lipinski definition) is 0. The first-order valence-corrected chi connectivity index (χ1v) is 8.81. The highest BCUT2D eigenvalue weighted by atomic mass is 127. The molecule has 126 valence electrons. The first kappa shape index (κ1) is 16.9. The lowest BCUT2D eigenvalue weighted by Crippen LogP contribution is -2.31. The predicted octanol–water partition coefficient (Wildman–Crippen LogP) is 2.44. The van der Waals surface area contributed by atoms with Gasteiger partial charge >= 0.3 is 0 Å². The van der Waals surface area contributed by atoms with Crippen molar-refractivity contribution in [1.29, 1.82) is 0 Å². The van der Waals surface area contributed by atoms with Gasteiger partial charge in [0.1, 0.15) is 6.10 Å². The lowest BCUT2D eigenvalue weighted by molar-refractivity contribution is 0.0771. The summed E-state index contributed by atoms with van der Waals surface area (Å²) in [6.45, 7) is 1.26. The summed E-state index contributed by atoms with van der Waals surface area (Å²) in [6, 6.07) is 7.62. The lowest BCUT2D eigenvalue weighted by atomic mass is 10.2. The van der Waals surface area contributed by atoms with Crippen LogP contribution < -0.4 is 9.64 Å². The van der Waals surface area contributed by atoms with Crippen molar-refractivity contribution in [3.63, 3.8) is 0 Å². The SMILES string of the molecule is CN(C)c1cncc(OC2CCN(C(=O)c3ccc(I)cc3)C2)n1. The van der Waals surface area contributed by atoms with E-state index >= 15 is 0 Å². The Morgan fingerprint density at radius 2 is 2.04 bits per heavy atom. The molecule has 1 aliphatic rings. The van der Waals surface area contributed by atoms with Crippen LogP contribution in [0.2, 0.25) is 0 Å². The van der Waals surface area contributed by atoms with Crippen molar-refractivity contribution in [3.05, 3.63) is 45.8 Å². The Kier molecular flexibility index (Phi) is 5.17. The van der Waals surface area contributed by atoms with E-state index in [-0.39, 0.29) is 12.0 Å². The zero-order chi connectivity index (χ0) is 17.1. The second kappa shape index (κ2) is 7.33. The maximum Gasteiger partial charge on any atom is 0.253 e. The van der Waals surface area contributed by atoms with E-state index in [0.29, 0.717) is 24.5 Å². The van der Waals surface area contributed by atoms with Crippen molar-refractivity contribution in [2.45, 2.75) is 12.5 Å². The molecular formula is C17H19IN4O2. The minimum Gasteiger partial charge on any atom is -0.471 e. The molecule has 1 aliphatic heterocycles. The quantitative estimate of drug-likeness (QED) is 0.687. The molecule has 1 atom stereocenters. The van der Waals surface area contributed by atoms with Crippen molar-refractivity contribution in [2.24, 2.45) is 0 Å². The van der Waals surface area contributed by atoms with E-state index in [1.54, 1.807) is 12.4 Å². The van der Waals surface area contributed by atoms with Gasteiger partial charge in [-0.15, -0.1) is 0 Å². The molecule has 0 radical (unpaired) electrons. The van der Waals surface area contributed by atoms with Gasteiger partial charge in [-0.1, -0.05) is 0 Å². The highest BCUT2D eigenvalue weighted by Gasteiger charge is 2.28. The van der Waals surface area contributed by atoms with Gasteiger partial charge in [-0.25, -0.2) is 0 Å².